The average Bonchev–Trinajstić information content (AvgIpc) is 2.88. The molecular formula is C17H24O3. The lowest BCUT2D eigenvalue weighted by Gasteiger charge is -2.18. The molecular weight excluding hydrogens is 252 g/mol. The van der Waals surface area contributed by atoms with E-state index in [9.17, 15) is 15.0 Å². The minimum absolute atomic E-state index is 0.0190. The maximum atomic E-state index is 11.5. The summed E-state index contributed by atoms with van der Waals surface area (Å²) in [6.45, 7) is 3.76. The first-order valence-electron chi connectivity index (χ1n) is 7.48. The summed E-state index contributed by atoms with van der Waals surface area (Å²) in [5, 5.41) is 20.2. The molecule has 0 unspecified atom stereocenters. The van der Waals surface area contributed by atoms with Gasteiger partial charge in [0.1, 0.15) is 5.78 Å². The molecule has 0 saturated heterocycles. The fraction of sp³-hybridized carbons (Fsp3) is 0.706. The molecule has 3 heteroatoms. The van der Waals surface area contributed by atoms with E-state index >= 15 is 0 Å². The Morgan fingerprint density at radius 1 is 1.45 bits per heavy atom. The van der Waals surface area contributed by atoms with Gasteiger partial charge in [0.25, 0.3) is 0 Å². The van der Waals surface area contributed by atoms with Crippen molar-refractivity contribution in [2.45, 2.75) is 51.7 Å². The highest BCUT2D eigenvalue weighted by Crippen LogP contribution is 2.46. The van der Waals surface area contributed by atoms with Crippen molar-refractivity contribution in [1.29, 1.82) is 0 Å². The molecule has 0 spiro atoms. The van der Waals surface area contributed by atoms with Crippen LogP contribution in [0.1, 0.15) is 39.5 Å². The number of hydrogen-bond acceptors (Lipinski definition) is 3. The summed E-state index contributed by atoms with van der Waals surface area (Å²) >= 11 is 0. The molecule has 0 heterocycles. The van der Waals surface area contributed by atoms with Gasteiger partial charge < -0.3 is 10.2 Å². The maximum Gasteiger partial charge on any atom is 0.133 e. The number of aliphatic hydroxyl groups is 2. The largest absolute Gasteiger partial charge is 0.392 e. The van der Waals surface area contributed by atoms with E-state index in [0.717, 1.165) is 6.42 Å². The maximum absolute atomic E-state index is 11.5. The van der Waals surface area contributed by atoms with Gasteiger partial charge in [-0.3, -0.25) is 4.79 Å². The van der Waals surface area contributed by atoms with Crippen LogP contribution in [0.15, 0.2) is 12.2 Å². The second-order valence-electron chi connectivity index (χ2n) is 6.23. The number of hydrogen-bond donors (Lipinski definition) is 2. The van der Waals surface area contributed by atoms with E-state index in [1.807, 2.05) is 13.0 Å². The number of rotatable bonds is 4. The van der Waals surface area contributed by atoms with Crippen LogP contribution in [-0.2, 0) is 4.79 Å². The highest BCUT2D eigenvalue weighted by Gasteiger charge is 2.46. The standard InChI is InChI=1S/C17H24O3/c1-3-4-5-11(2)16(19)7-6-14-15-10-13(18)8-12(15)9-17(14)20/h6-7,11-12,14-17,19-20H,5,8-10H2,1-2H3/t11-,12-,14+,15-,16+,17+/m0/s1. The van der Waals surface area contributed by atoms with Crippen molar-refractivity contribution in [2.24, 2.45) is 23.7 Å². The minimum atomic E-state index is -0.542. The summed E-state index contributed by atoms with van der Waals surface area (Å²) in [5.41, 5.74) is 0. The lowest BCUT2D eigenvalue weighted by Crippen LogP contribution is -2.20. The first kappa shape index (κ1) is 15.3. The number of aliphatic hydroxyl groups excluding tert-OH is 2. The summed E-state index contributed by atoms with van der Waals surface area (Å²) in [4.78, 5) is 11.5. The van der Waals surface area contributed by atoms with Crippen LogP contribution in [0.5, 0.6) is 0 Å². The summed E-state index contributed by atoms with van der Waals surface area (Å²) in [7, 11) is 0. The van der Waals surface area contributed by atoms with Crippen LogP contribution in [0.25, 0.3) is 0 Å². The van der Waals surface area contributed by atoms with E-state index in [2.05, 4.69) is 11.8 Å². The molecule has 2 saturated carbocycles. The predicted molar refractivity (Wildman–Crippen MR) is 77.7 cm³/mol. The molecule has 0 aliphatic heterocycles. The van der Waals surface area contributed by atoms with Crippen LogP contribution in [-0.4, -0.2) is 28.2 Å². The van der Waals surface area contributed by atoms with Gasteiger partial charge in [0, 0.05) is 25.2 Å². The van der Waals surface area contributed by atoms with Crippen LogP contribution in [0.4, 0.5) is 0 Å². The topological polar surface area (TPSA) is 57.5 Å². The van der Waals surface area contributed by atoms with Crippen molar-refractivity contribution < 1.29 is 15.0 Å². The first-order chi connectivity index (χ1) is 9.52. The van der Waals surface area contributed by atoms with Crippen LogP contribution in [0, 0.1) is 35.5 Å². The summed E-state index contributed by atoms with van der Waals surface area (Å²) in [5.74, 6) is 6.83. The Hall–Kier alpha value is -1.11. The van der Waals surface area contributed by atoms with Gasteiger partial charge in [-0.15, -0.1) is 11.8 Å². The number of carbonyl (C=O) groups excluding carboxylic acids is 1. The first-order valence-corrected chi connectivity index (χ1v) is 7.48. The van der Waals surface area contributed by atoms with Crippen LogP contribution in [0.3, 0.4) is 0 Å². The number of fused-ring (bicyclic) bond motifs is 1. The third-order valence-corrected chi connectivity index (χ3v) is 4.76. The molecule has 2 fully saturated rings. The van der Waals surface area contributed by atoms with E-state index in [1.165, 1.54) is 0 Å². The van der Waals surface area contributed by atoms with Crippen LogP contribution in [0.2, 0.25) is 0 Å². The molecule has 0 aromatic carbocycles. The molecule has 2 aliphatic rings. The Bertz CT molecular complexity index is 443. The highest BCUT2D eigenvalue weighted by molar-refractivity contribution is 5.81. The van der Waals surface area contributed by atoms with Crippen LogP contribution < -0.4 is 0 Å². The van der Waals surface area contributed by atoms with Gasteiger partial charge in [-0.05, 0) is 31.1 Å². The second kappa shape index (κ2) is 6.56. The second-order valence-corrected chi connectivity index (χ2v) is 6.23. The molecule has 0 aromatic rings. The number of carbonyl (C=O) groups is 1. The molecule has 6 atom stereocenters. The molecule has 3 nitrogen and oxygen atoms in total. The molecule has 2 N–H and O–H groups in total. The smallest absolute Gasteiger partial charge is 0.133 e. The summed E-state index contributed by atoms with van der Waals surface area (Å²) in [6.07, 6.45) is 5.39. The van der Waals surface area contributed by atoms with Crippen molar-refractivity contribution in [3.8, 4) is 11.8 Å². The SMILES string of the molecule is CC#CC[C@H](C)[C@H](O)C=C[C@@H]1[C@H]2CC(=O)C[C@H]2C[C@H]1O. The molecule has 2 aliphatic carbocycles. The quantitative estimate of drug-likeness (QED) is 0.609. The van der Waals surface area contributed by atoms with Gasteiger partial charge in [0.05, 0.1) is 12.2 Å². The van der Waals surface area contributed by atoms with Gasteiger partial charge >= 0.3 is 0 Å². The van der Waals surface area contributed by atoms with E-state index in [-0.39, 0.29) is 23.9 Å². The van der Waals surface area contributed by atoms with Gasteiger partial charge in [-0.1, -0.05) is 19.1 Å². The lowest BCUT2D eigenvalue weighted by atomic mass is 9.90. The van der Waals surface area contributed by atoms with E-state index in [1.54, 1.807) is 13.0 Å². The van der Waals surface area contributed by atoms with E-state index in [4.69, 9.17) is 0 Å². The minimum Gasteiger partial charge on any atom is -0.392 e. The zero-order chi connectivity index (χ0) is 14.7. The predicted octanol–water partition coefficient (Wildman–Crippen LogP) is 1.93. The number of ketones is 1. The molecule has 0 bridgehead atoms. The van der Waals surface area contributed by atoms with Crippen molar-refractivity contribution in [3.05, 3.63) is 12.2 Å². The Labute approximate surface area is 121 Å². The van der Waals surface area contributed by atoms with Crippen molar-refractivity contribution in [3.63, 3.8) is 0 Å². The normalized spacial score (nSPS) is 35.7. The molecule has 20 heavy (non-hydrogen) atoms. The Morgan fingerprint density at radius 2 is 2.20 bits per heavy atom. The van der Waals surface area contributed by atoms with E-state index < -0.39 is 6.10 Å². The van der Waals surface area contributed by atoms with Crippen molar-refractivity contribution >= 4 is 5.78 Å². The fourth-order valence-electron chi connectivity index (χ4n) is 3.50. The zero-order valence-electron chi connectivity index (χ0n) is 12.2. The molecule has 2 rings (SSSR count). The van der Waals surface area contributed by atoms with Gasteiger partial charge in [-0.2, -0.15) is 0 Å². The molecule has 0 aromatic heterocycles. The average molecular weight is 276 g/mol. The van der Waals surface area contributed by atoms with Gasteiger partial charge in [0.2, 0.25) is 0 Å². The fourth-order valence-corrected chi connectivity index (χ4v) is 3.50. The molecule has 110 valence electrons. The number of Topliss-reactive ketones (excluding diaryl/α,β-unsaturated/α-hetero) is 1. The lowest BCUT2D eigenvalue weighted by molar-refractivity contribution is -0.118. The van der Waals surface area contributed by atoms with E-state index in [0.29, 0.717) is 31.0 Å². The monoisotopic (exact) mass is 276 g/mol. The third kappa shape index (κ3) is 3.31. The summed E-state index contributed by atoms with van der Waals surface area (Å²) in [6, 6.07) is 0. The Morgan fingerprint density at radius 3 is 2.90 bits per heavy atom. The third-order valence-electron chi connectivity index (χ3n) is 4.76. The van der Waals surface area contributed by atoms with Crippen LogP contribution >= 0.6 is 0 Å². The zero-order valence-corrected chi connectivity index (χ0v) is 12.2. The highest BCUT2D eigenvalue weighted by atomic mass is 16.3. The molecule has 0 radical (unpaired) electrons. The van der Waals surface area contributed by atoms with Gasteiger partial charge in [-0.25, -0.2) is 0 Å². The van der Waals surface area contributed by atoms with Gasteiger partial charge in [0.15, 0.2) is 0 Å². The Kier molecular flexibility index (Phi) is 5.01. The van der Waals surface area contributed by atoms with Crippen molar-refractivity contribution in [2.75, 3.05) is 0 Å². The van der Waals surface area contributed by atoms with Crippen molar-refractivity contribution in [1.82, 2.24) is 0 Å². The molecule has 0 amide bonds. The Balaban J connectivity index is 1.95. The summed E-state index contributed by atoms with van der Waals surface area (Å²) < 4.78 is 0.